The van der Waals surface area contributed by atoms with Gasteiger partial charge >= 0.3 is 0 Å². The molecule has 0 aliphatic heterocycles. The number of hydrogen-bond acceptors (Lipinski definition) is 7. The average Bonchev–Trinajstić information content (AvgIpc) is 3.01. The largest absolute Gasteiger partial charge is 0.489 e. The standard InChI is InChI=1S/C9H10N2O2.C9H13NO2.2C9H11NO/c1-6(12)11-8-4-2-7(3-5-8)9(10)13;1-11-6-7-12-9-5-3-2-4-8(9)10;2*1-7-3-5-9(6-4-7)10-8(2)11/h2-5H,1H3,(H2,10,13)(H,11,12);2-5H,6-7,10H2,1H3;2*3-6H,1-2H3,(H,10,11). The van der Waals surface area contributed by atoms with Crippen molar-refractivity contribution in [1.82, 2.24) is 0 Å². The van der Waals surface area contributed by atoms with E-state index in [4.69, 9.17) is 20.9 Å². The smallest absolute Gasteiger partial charge is 0.248 e. The molecule has 47 heavy (non-hydrogen) atoms. The number of nitrogens with two attached hydrogens (primary N) is 2. The first-order chi connectivity index (χ1) is 22.3. The van der Waals surface area contributed by atoms with Crippen LogP contribution in [0.5, 0.6) is 5.75 Å². The molecule has 4 amide bonds. The predicted molar refractivity (Wildman–Crippen MR) is 188 cm³/mol. The number of methoxy groups -OCH3 is 1. The normalized spacial score (nSPS) is 9.40. The van der Waals surface area contributed by atoms with Crippen LogP contribution in [-0.4, -0.2) is 44.0 Å². The Morgan fingerprint density at radius 2 is 0.979 bits per heavy atom. The van der Waals surface area contributed by atoms with E-state index in [1.54, 1.807) is 31.4 Å². The van der Waals surface area contributed by atoms with Crippen LogP contribution in [0.15, 0.2) is 97.1 Å². The zero-order chi connectivity index (χ0) is 35.2. The molecule has 250 valence electrons. The van der Waals surface area contributed by atoms with Gasteiger partial charge in [0.05, 0.1) is 12.3 Å². The van der Waals surface area contributed by atoms with E-state index >= 15 is 0 Å². The Labute approximate surface area is 276 Å². The fourth-order valence-electron chi connectivity index (χ4n) is 3.45. The number of primary amides is 1. The fraction of sp³-hybridized carbons (Fsp3) is 0.222. The highest BCUT2D eigenvalue weighted by atomic mass is 16.5. The number of aryl methyl sites for hydroxylation is 2. The van der Waals surface area contributed by atoms with Crippen molar-refractivity contribution in [3.63, 3.8) is 0 Å². The van der Waals surface area contributed by atoms with Crippen molar-refractivity contribution in [2.45, 2.75) is 34.6 Å². The van der Waals surface area contributed by atoms with Crippen molar-refractivity contribution in [3.8, 4) is 5.75 Å². The molecular formula is C36H45N5O6. The van der Waals surface area contributed by atoms with Gasteiger partial charge in [0, 0.05) is 50.5 Å². The number of nitrogen functional groups attached to an aromatic ring is 1. The summed E-state index contributed by atoms with van der Waals surface area (Å²) in [4.78, 5) is 42.5. The third-order valence-electron chi connectivity index (χ3n) is 5.70. The number of benzene rings is 4. The Kier molecular flexibility index (Phi) is 18.4. The van der Waals surface area contributed by atoms with Crippen LogP contribution in [0.1, 0.15) is 42.3 Å². The number of nitrogens with one attached hydrogen (secondary N) is 3. The van der Waals surface area contributed by atoms with Crippen molar-refractivity contribution in [1.29, 1.82) is 0 Å². The minimum Gasteiger partial charge on any atom is -0.489 e. The number of ether oxygens (including phenoxy) is 2. The van der Waals surface area contributed by atoms with Crippen molar-refractivity contribution in [3.05, 3.63) is 114 Å². The van der Waals surface area contributed by atoms with Gasteiger partial charge in [-0.25, -0.2) is 0 Å². The van der Waals surface area contributed by atoms with Gasteiger partial charge in [-0.15, -0.1) is 0 Å². The maximum absolute atomic E-state index is 10.7. The first-order valence-corrected chi connectivity index (χ1v) is 14.6. The maximum Gasteiger partial charge on any atom is 0.248 e. The van der Waals surface area contributed by atoms with Crippen LogP contribution in [0.25, 0.3) is 0 Å². The molecule has 0 fully saturated rings. The highest BCUT2D eigenvalue weighted by Crippen LogP contribution is 2.19. The van der Waals surface area contributed by atoms with E-state index in [1.165, 1.54) is 31.9 Å². The van der Waals surface area contributed by atoms with E-state index < -0.39 is 5.91 Å². The lowest BCUT2D eigenvalue weighted by molar-refractivity contribution is -0.115. The van der Waals surface area contributed by atoms with Crippen LogP contribution in [-0.2, 0) is 19.1 Å². The van der Waals surface area contributed by atoms with Crippen molar-refractivity contribution < 1.29 is 28.7 Å². The Hall–Kier alpha value is -5.68. The molecule has 11 heteroatoms. The fourth-order valence-corrected chi connectivity index (χ4v) is 3.45. The van der Waals surface area contributed by atoms with Gasteiger partial charge in [-0.3, -0.25) is 19.2 Å². The van der Waals surface area contributed by atoms with Crippen molar-refractivity contribution in [2.75, 3.05) is 42.0 Å². The summed E-state index contributed by atoms with van der Waals surface area (Å²) < 4.78 is 10.2. The first-order valence-electron chi connectivity index (χ1n) is 14.6. The monoisotopic (exact) mass is 643 g/mol. The van der Waals surface area contributed by atoms with E-state index in [1.807, 2.05) is 86.6 Å². The summed E-state index contributed by atoms with van der Waals surface area (Å²) in [6.07, 6.45) is 0. The van der Waals surface area contributed by atoms with E-state index in [9.17, 15) is 19.2 Å². The molecule has 0 heterocycles. The molecule has 4 aromatic rings. The second kappa shape index (κ2) is 21.9. The van der Waals surface area contributed by atoms with Crippen LogP contribution in [0, 0.1) is 13.8 Å². The van der Waals surface area contributed by atoms with Crippen LogP contribution < -0.4 is 32.2 Å². The minimum atomic E-state index is -0.477. The van der Waals surface area contributed by atoms with Gasteiger partial charge in [0.2, 0.25) is 23.6 Å². The Balaban J connectivity index is 0.000000314. The molecule has 0 spiro atoms. The number of hydrogen-bond donors (Lipinski definition) is 5. The second-order valence-corrected chi connectivity index (χ2v) is 10.1. The molecule has 0 bridgehead atoms. The van der Waals surface area contributed by atoms with Crippen molar-refractivity contribution >= 4 is 46.4 Å². The molecule has 0 aliphatic carbocycles. The first kappa shape index (κ1) is 39.3. The van der Waals surface area contributed by atoms with Gasteiger partial charge < -0.3 is 36.9 Å². The summed E-state index contributed by atoms with van der Waals surface area (Å²) in [7, 11) is 1.64. The van der Waals surface area contributed by atoms with E-state index in [0.717, 1.165) is 17.1 Å². The lowest BCUT2D eigenvalue weighted by Crippen LogP contribution is -2.11. The number of carbonyl (C=O) groups is 4. The molecule has 0 unspecified atom stereocenters. The Bertz CT molecular complexity index is 1480. The third-order valence-corrected chi connectivity index (χ3v) is 5.70. The number of carbonyl (C=O) groups excluding carboxylic acids is 4. The van der Waals surface area contributed by atoms with Crippen LogP contribution >= 0.6 is 0 Å². The summed E-state index contributed by atoms with van der Waals surface area (Å²) in [5.74, 6) is 0.0263. The molecule has 0 aliphatic rings. The number of anilines is 4. The van der Waals surface area contributed by atoms with Gasteiger partial charge in [0.15, 0.2) is 0 Å². The summed E-state index contributed by atoms with van der Waals surface area (Å²) >= 11 is 0. The Morgan fingerprint density at radius 3 is 1.32 bits per heavy atom. The zero-order valence-corrected chi connectivity index (χ0v) is 27.8. The molecule has 4 aromatic carbocycles. The molecule has 0 radical (unpaired) electrons. The highest BCUT2D eigenvalue weighted by Gasteiger charge is 2.00. The molecular weight excluding hydrogens is 598 g/mol. The minimum absolute atomic E-state index is 0.0335. The lowest BCUT2D eigenvalue weighted by Gasteiger charge is -2.06. The molecule has 7 N–H and O–H groups in total. The SMILES string of the molecule is CC(=O)Nc1ccc(C(N)=O)cc1.CC(=O)Nc1ccc(C)cc1.CC(=O)Nc1ccc(C)cc1.COCCOc1ccccc1N. The van der Waals surface area contributed by atoms with E-state index in [-0.39, 0.29) is 17.7 Å². The van der Waals surface area contributed by atoms with Gasteiger partial charge in [0.1, 0.15) is 12.4 Å². The van der Waals surface area contributed by atoms with Crippen LogP contribution in [0.3, 0.4) is 0 Å². The predicted octanol–water partition coefficient (Wildman–Crippen LogP) is 5.94. The molecule has 0 atom stereocenters. The highest BCUT2D eigenvalue weighted by molar-refractivity contribution is 5.94. The topological polar surface area (TPSA) is 175 Å². The third kappa shape index (κ3) is 18.7. The average molecular weight is 644 g/mol. The van der Waals surface area contributed by atoms with Crippen LogP contribution in [0.4, 0.5) is 22.7 Å². The van der Waals surface area contributed by atoms with Gasteiger partial charge in [-0.2, -0.15) is 0 Å². The number of amides is 4. The summed E-state index contributed by atoms with van der Waals surface area (Å²) in [5, 5.41) is 7.97. The summed E-state index contributed by atoms with van der Waals surface area (Å²) in [6, 6.07) is 29.2. The van der Waals surface area contributed by atoms with Crippen LogP contribution in [0.2, 0.25) is 0 Å². The summed E-state index contributed by atoms with van der Waals surface area (Å²) in [5.41, 5.74) is 16.5. The van der Waals surface area contributed by atoms with Gasteiger partial charge in [-0.1, -0.05) is 47.5 Å². The van der Waals surface area contributed by atoms with E-state index in [2.05, 4.69) is 16.0 Å². The zero-order valence-electron chi connectivity index (χ0n) is 27.8. The maximum atomic E-state index is 10.7. The molecule has 4 rings (SSSR count). The summed E-state index contributed by atoms with van der Waals surface area (Å²) in [6.45, 7) is 9.55. The second-order valence-electron chi connectivity index (χ2n) is 10.1. The number of rotatable bonds is 8. The van der Waals surface area contributed by atoms with Crippen molar-refractivity contribution in [2.24, 2.45) is 5.73 Å². The quantitative estimate of drug-likeness (QED) is 0.117. The lowest BCUT2D eigenvalue weighted by atomic mass is 10.2. The number of para-hydroxylation sites is 2. The van der Waals surface area contributed by atoms with E-state index in [0.29, 0.717) is 30.2 Å². The molecule has 0 saturated heterocycles. The molecule has 0 saturated carbocycles. The molecule has 0 aromatic heterocycles. The molecule has 11 nitrogen and oxygen atoms in total. The van der Waals surface area contributed by atoms with Gasteiger partial charge in [0.25, 0.3) is 0 Å². The Morgan fingerprint density at radius 1 is 0.596 bits per heavy atom. The van der Waals surface area contributed by atoms with Gasteiger partial charge in [-0.05, 0) is 74.5 Å².